The van der Waals surface area contributed by atoms with Crippen molar-refractivity contribution in [3.05, 3.63) is 65.5 Å². The number of hydrogen-bond donors (Lipinski definition) is 0. The van der Waals surface area contributed by atoms with Crippen LogP contribution in [-0.2, 0) is 11.8 Å². The van der Waals surface area contributed by atoms with Crippen molar-refractivity contribution in [1.82, 2.24) is 9.88 Å². The molecular weight excluding hydrogens is 296 g/mol. The summed E-state index contributed by atoms with van der Waals surface area (Å²) in [5, 5.41) is 0. The van der Waals surface area contributed by atoms with Crippen molar-refractivity contribution in [2.24, 2.45) is 0 Å². The zero-order chi connectivity index (χ0) is 17.2. The first-order chi connectivity index (χ1) is 11.4. The maximum Gasteiger partial charge on any atom is 0.254 e. The summed E-state index contributed by atoms with van der Waals surface area (Å²) in [5.74, 6) is 0.147. The molecule has 3 rings (SSSR count). The number of pyridine rings is 1. The van der Waals surface area contributed by atoms with Crippen LogP contribution in [0.15, 0.2) is 48.7 Å². The van der Waals surface area contributed by atoms with E-state index < -0.39 is 0 Å². The Balaban J connectivity index is 1.73. The Kier molecular flexibility index (Phi) is 4.70. The number of benzene rings is 1. The van der Waals surface area contributed by atoms with Crippen molar-refractivity contribution in [3.8, 4) is 0 Å². The van der Waals surface area contributed by atoms with Gasteiger partial charge in [0.1, 0.15) is 0 Å². The molecule has 1 aromatic heterocycles. The SMILES string of the molecule is CC(C)(C)c1ccc(C(=O)N2CCCC2Cc2ccccn2)cc1. The third-order valence-corrected chi connectivity index (χ3v) is 4.81. The van der Waals surface area contributed by atoms with E-state index in [0.29, 0.717) is 0 Å². The summed E-state index contributed by atoms with van der Waals surface area (Å²) in [5.41, 5.74) is 3.21. The molecule has 1 aromatic carbocycles. The largest absolute Gasteiger partial charge is 0.335 e. The van der Waals surface area contributed by atoms with E-state index in [1.807, 2.05) is 41.4 Å². The maximum absolute atomic E-state index is 12.9. The van der Waals surface area contributed by atoms with Crippen LogP contribution in [0, 0.1) is 0 Å². The molecular formula is C21H26N2O. The normalized spacial score (nSPS) is 18.0. The fourth-order valence-corrected chi connectivity index (χ4v) is 3.35. The van der Waals surface area contributed by atoms with Crippen LogP contribution in [0.3, 0.4) is 0 Å². The molecule has 1 amide bonds. The smallest absolute Gasteiger partial charge is 0.254 e. The summed E-state index contributed by atoms with van der Waals surface area (Å²) < 4.78 is 0. The van der Waals surface area contributed by atoms with Gasteiger partial charge in [0.25, 0.3) is 5.91 Å². The summed E-state index contributed by atoms with van der Waals surface area (Å²) in [7, 11) is 0. The first-order valence-electron chi connectivity index (χ1n) is 8.76. The topological polar surface area (TPSA) is 33.2 Å². The highest BCUT2D eigenvalue weighted by Crippen LogP contribution is 2.25. The molecule has 0 spiro atoms. The Hall–Kier alpha value is -2.16. The predicted octanol–water partition coefficient (Wildman–Crippen LogP) is 4.23. The molecule has 2 aromatic rings. The van der Waals surface area contributed by atoms with Gasteiger partial charge < -0.3 is 4.90 Å². The van der Waals surface area contributed by atoms with E-state index in [1.165, 1.54) is 5.56 Å². The molecule has 1 fully saturated rings. The highest BCUT2D eigenvalue weighted by atomic mass is 16.2. The number of rotatable bonds is 3. The molecule has 1 aliphatic rings. The van der Waals surface area contributed by atoms with Crippen molar-refractivity contribution in [2.45, 2.75) is 51.5 Å². The van der Waals surface area contributed by atoms with Crippen molar-refractivity contribution < 1.29 is 4.79 Å². The zero-order valence-electron chi connectivity index (χ0n) is 14.8. The minimum atomic E-state index is 0.108. The minimum Gasteiger partial charge on any atom is -0.335 e. The van der Waals surface area contributed by atoms with Crippen LogP contribution in [-0.4, -0.2) is 28.4 Å². The highest BCUT2D eigenvalue weighted by molar-refractivity contribution is 5.94. The van der Waals surface area contributed by atoms with Gasteiger partial charge in [-0.1, -0.05) is 39.0 Å². The summed E-state index contributed by atoms with van der Waals surface area (Å²) >= 11 is 0. The molecule has 1 unspecified atom stereocenters. The number of aromatic nitrogens is 1. The third-order valence-electron chi connectivity index (χ3n) is 4.81. The molecule has 1 saturated heterocycles. The van der Waals surface area contributed by atoms with Crippen molar-refractivity contribution >= 4 is 5.91 Å². The van der Waals surface area contributed by atoms with Gasteiger partial charge in [-0.15, -0.1) is 0 Å². The van der Waals surface area contributed by atoms with E-state index in [9.17, 15) is 4.79 Å². The van der Waals surface area contributed by atoms with Crippen LogP contribution in [0.25, 0.3) is 0 Å². The van der Waals surface area contributed by atoms with Crippen LogP contribution in [0.4, 0.5) is 0 Å². The van der Waals surface area contributed by atoms with Gasteiger partial charge in [-0.25, -0.2) is 0 Å². The Bertz CT molecular complexity index is 686. The van der Waals surface area contributed by atoms with Crippen LogP contribution >= 0.6 is 0 Å². The first kappa shape index (κ1) is 16.7. The standard InChI is InChI=1S/C21H26N2O/c1-21(2,3)17-11-9-16(10-12-17)20(24)23-14-6-8-19(23)15-18-7-4-5-13-22-18/h4-5,7,9-13,19H,6,8,14-15H2,1-3H3. The van der Waals surface area contributed by atoms with Gasteiger partial charge in [-0.05, 0) is 48.1 Å². The number of carbonyl (C=O) groups is 1. The minimum absolute atomic E-state index is 0.108. The van der Waals surface area contributed by atoms with Crippen molar-refractivity contribution in [1.29, 1.82) is 0 Å². The van der Waals surface area contributed by atoms with Gasteiger partial charge in [0.2, 0.25) is 0 Å². The molecule has 0 saturated carbocycles. The van der Waals surface area contributed by atoms with Gasteiger partial charge in [-0.3, -0.25) is 9.78 Å². The van der Waals surface area contributed by atoms with E-state index in [1.54, 1.807) is 0 Å². The highest BCUT2D eigenvalue weighted by Gasteiger charge is 2.29. The molecule has 0 radical (unpaired) electrons. The lowest BCUT2D eigenvalue weighted by Crippen LogP contribution is -2.37. The maximum atomic E-state index is 12.9. The molecule has 1 atom stereocenters. The van der Waals surface area contributed by atoms with Crippen molar-refractivity contribution in [2.75, 3.05) is 6.54 Å². The summed E-state index contributed by atoms with van der Waals surface area (Å²) in [6.45, 7) is 7.41. The van der Waals surface area contributed by atoms with E-state index >= 15 is 0 Å². The summed E-state index contributed by atoms with van der Waals surface area (Å²) in [4.78, 5) is 19.4. The second kappa shape index (κ2) is 6.76. The lowest BCUT2D eigenvalue weighted by Gasteiger charge is -2.25. The lowest BCUT2D eigenvalue weighted by molar-refractivity contribution is 0.0736. The zero-order valence-corrected chi connectivity index (χ0v) is 14.8. The predicted molar refractivity (Wildman–Crippen MR) is 97.1 cm³/mol. The van der Waals surface area contributed by atoms with Crippen LogP contribution in [0.1, 0.15) is 55.2 Å². The molecule has 0 bridgehead atoms. The number of carbonyl (C=O) groups excluding carboxylic acids is 1. The summed E-state index contributed by atoms with van der Waals surface area (Å²) in [6.07, 6.45) is 4.79. The number of amides is 1. The molecule has 1 aliphatic heterocycles. The monoisotopic (exact) mass is 322 g/mol. The average Bonchev–Trinajstić information content (AvgIpc) is 3.02. The number of likely N-dealkylation sites (tertiary alicyclic amines) is 1. The number of nitrogens with zero attached hydrogens (tertiary/aromatic N) is 2. The Morgan fingerprint density at radius 3 is 2.54 bits per heavy atom. The first-order valence-corrected chi connectivity index (χ1v) is 8.76. The quantitative estimate of drug-likeness (QED) is 0.847. The molecule has 3 heteroatoms. The Labute approximate surface area is 144 Å². The van der Waals surface area contributed by atoms with E-state index in [-0.39, 0.29) is 17.4 Å². The van der Waals surface area contributed by atoms with Crippen LogP contribution in [0.2, 0.25) is 0 Å². The van der Waals surface area contributed by atoms with Gasteiger partial charge in [0.15, 0.2) is 0 Å². The van der Waals surface area contributed by atoms with Gasteiger partial charge in [0.05, 0.1) is 0 Å². The fraction of sp³-hybridized carbons (Fsp3) is 0.429. The second-order valence-corrected chi connectivity index (χ2v) is 7.65. The molecule has 0 aliphatic carbocycles. The van der Waals surface area contributed by atoms with Gasteiger partial charge in [-0.2, -0.15) is 0 Å². The van der Waals surface area contributed by atoms with Crippen molar-refractivity contribution in [3.63, 3.8) is 0 Å². The Morgan fingerprint density at radius 1 is 1.17 bits per heavy atom. The molecule has 3 nitrogen and oxygen atoms in total. The van der Waals surface area contributed by atoms with E-state index in [4.69, 9.17) is 0 Å². The van der Waals surface area contributed by atoms with Crippen LogP contribution in [0.5, 0.6) is 0 Å². The fourth-order valence-electron chi connectivity index (χ4n) is 3.35. The third kappa shape index (κ3) is 3.66. The van der Waals surface area contributed by atoms with Gasteiger partial charge in [0, 0.05) is 36.5 Å². The number of hydrogen-bond acceptors (Lipinski definition) is 2. The lowest BCUT2D eigenvalue weighted by atomic mass is 9.86. The Morgan fingerprint density at radius 2 is 1.92 bits per heavy atom. The second-order valence-electron chi connectivity index (χ2n) is 7.65. The van der Waals surface area contributed by atoms with E-state index in [0.717, 1.165) is 37.1 Å². The summed E-state index contributed by atoms with van der Waals surface area (Å²) in [6, 6.07) is 14.3. The van der Waals surface area contributed by atoms with Crippen LogP contribution < -0.4 is 0 Å². The van der Waals surface area contributed by atoms with E-state index in [2.05, 4.69) is 37.9 Å². The average molecular weight is 322 g/mol. The molecule has 2 heterocycles. The van der Waals surface area contributed by atoms with Gasteiger partial charge >= 0.3 is 0 Å². The molecule has 126 valence electrons. The molecule has 24 heavy (non-hydrogen) atoms. The molecule has 0 N–H and O–H groups in total.